The third kappa shape index (κ3) is 5.79. The molecule has 3 rings (SSSR count). The summed E-state index contributed by atoms with van der Waals surface area (Å²) in [6, 6.07) is 16.2. The Hall–Kier alpha value is -2.42. The highest BCUT2D eigenvalue weighted by molar-refractivity contribution is 7.89. The zero-order valence-electron chi connectivity index (χ0n) is 16.6. The van der Waals surface area contributed by atoms with Gasteiger partial charge in [-0.2, -0.15) is 0 Å². The zero-order valence-corrected chi connectivity index (χ0v) is 17.4. The standard InChI is InChI=1S/C21H27N3O4S/c1-28-21(25)18-7-5-10-20(17-18)29(26,27)22-11-6-12-23-13-15-24(16-14-23)19-8-3-2-4-9-19/h2-5,7-10,17,22H,6,11-16H2,1H3. The third-order valence-corrected chi connectivity index (χ3v) is 6.46. The predicted molar refractivity (Wildman–Crippen MR) is 113 cm³/mol. The highest BCUT2D eigenvalue weighted by atomic mass is 32.2. The van der Waals surface area contributed by atoms with Crippen LogP contribution in [0.15, 0.2) is 59.5 Å². The van der Waals surface area contributed by atoms with Crippen molar-refractivity contribution in [3.05, 3.63) is 60.2 Å². The number of methoxy groups -OCH3 is 1. The van der Waals surface area contributed by atoms with Crippen LogP contribution in [0.25, 0.3) is 0 Å². The molecular weight excluding hydrogens is 390 g/mol. The topological polar surface area (TPSA) is 78.9 Å². The molecule has 0 unspecified atom stereocenters. The molecule has 2 aromatic rings. The van der Waals surface area contributed by atoms with Crippen molar-refractivity contribution < 1.29 is 17.9 Å². The first-order valence-corrected chi connectivity index (χ1v) is 11.2. The first-order chi connectivity index (χ1) is 14.0. The van der Waals surface area contributed by atoms with Crippen molar-refractivity contribution in [2.24, 2.45) is 0 Å². The maximum absolute atomic E-state index is 12.5. The van der Waals surface area contributed by atoms with Gasteiger partial charge in [-0.1, -0.05) is 24.3 Å². The van der Waals surface area contributed by atoms with E-state index in [-0.39, 0.29) is 10.5 Å². The van der Waals surface area contributed by atoms with Crippen molar-refractivity contribution >= 4 is 21.7 Å². The van der Waals surface area contributed by atoms with Crippen molar-refractivity contribution in [3.8, 4) is 0 Å². The van der Waals surface area contributed by atoms with E-state index >= 15 is 0 Å². The molecule has 1 aliphatic rings. The number of benzene rings is 2. The van der Waals surface area contributed by atoms with Gasteiger partial charge >= 0.3 is 5.97 Å². The number of ether oxygens (including phenoxy) is 1. The fraction of sp³-hybridized carbons (Fsp3) is 0.381. The van der Waals surface area contributed by atoms with Crippen LogP contribution in [0, 0.1) is 0 Å². The van der Waals surface area contributed by atoms with E-state index in [2.05, 4.69) is 43.5 Å². The van der Waals surface area contributed by atoms with Gasteiger partial charge < -0.3 is 9.64 Å². The van der Waals surface area contributed by atoms with Crippen LogP contribution in [-0.2, 0) is 14.8 Å². The normalized spacial score (nSPS) is 15.3. The number of sulfonamides is 1. The van der Waals surface area contributed by atoms with E-state index in [0.717, 1.165) is 39.1 Å². The van der Waals surface area contributed by atoms with E-state index in [1.54, 1.807) is 0 Å². The lowest BCUT2D eigenvalue weighted by atomic mass is 10.2. The summed E-state index contributed by atoms with van der Waals surface area (Å²) in [5.74, 6) is -0.559. The molecule has 7 nitrogen and oxygen atoms in total. The number of piperazine rings is 1. The highest BCUT2D eigenvalue weighted by Gasteiger charge is 2.18. The minimum absolute atomic E-state index is 0.0666. The van der Waals surface area contributed by atoms with Gasteiger partial charge in [-0.3, -0.25) is 4.90 Å². The Labute approximate surface area is 172 Å². The minimum atomic E-state index is -3.66. The predicted octanol–water partition coefficient (Wildman–Crippen LogP) is 1.96. The average Bonchev–Trinajstić information content (AvgIpc) is 2.77. The van der Waals surface area contributed by atoms with Gasteiger partial charge in [0.25, 0.3) is 0 Å². The number of carbonyl (C=O) groups is 1. The number of carbonyl (C=O) groups excluding carboxylic acids is 1. The van der Waals surface area contributed by atoms with Gasteiger partial charge in [-0.15, -0.1) is 0 Å². The maximum atomic E-state index is 12.5. The lowest BCUT2D eigenvalue weighted by Crippen LogP contribution is -2.47. The molecule has 0 saturated carbocycles. The second kappa shape index (κ2) is 9.87. The van der Waals surface area contributed by atoms with Crippen molar-refractivity contribution in [1.82, 2.24) is 9.62 Å². The summed E-state index contributed by atoms with van der Waals surface area (Å²) in [5, 5.41) is 0. The number of anilines is 1. The Bertz CT molecular complexity index is 911. The SMILES string of the molecule is COC(=O)c1cccc(S(=O)(=O)NCCCN2CCN(c3ccccc3)CC2)c1. The molecule has 8 heteroatoms. The van der Waals surface area contributed by atoms with E-state index < -0.39 is 16.0 Å². The summed E-state index contributed by atoms with van der Waals surface area (Å²) in [7, 11) is -2.39. The third-order valence-electron chi connectivity index (χ3n) is 5.00. The molecule has 0 atom stereocenters. The van der Waals surface area contributed by atoms with Gasteiger partial charge in [-0.05, 0) is 43.3 Å². The van der Waals surface area contributed by atoms with Gasteiger partial charge in [-0.25, -0.2) is 17.9 Å². The van der Waals surface area contributed by atoms with Gasteiger partial charge in [0.15, 0.2) is 0 Å². The van der Waals surface area contributed by atoms with Crippen LogP contribution < -0.4 is 9.62 Å². The fourth-order valence-corrected chi connectivity index (χ4v) is 4.49. The molecule has 0 radical (unpaired) electrons. The number of esters is 1. The van der Waals surface area contributed by atoms with Crippen molar-refractivity contribution in [2.45, 2.75) is 11.3 Å². The molecular formula is C21H27N3O4S. The fourth-order valence-electron chi connectivity index (χ4n) is 3.37. The second-order valence-corrected chi connectivity index (χ2v) is 8.70. The number of rotatable bonds is 8. The first-order valence-electron chi connectivity index (χ1n) is 9.70. The van der Waals surface area contributed by atoms with E-state index in [1.807, 2.05) is 6.07 Å². The van der Waals surface area contributed by atoms with Gasteiger partial charge in [0.1, 0.15) is 0 Å². The molecule has 0 spiro atoms. The molecule has 1 saturated heterocycles. The molecule has 0 aliphatic carbocycles. The Kier molecular flexibility index (Phi) is 7.24. The molecule has 2 aromatic carbocycles. The van der Waals surface area contributed by atoms with E-state index in [1.165, 1.54) is 37.1 Å². The van der Waals surface area contributed by atoms with Crippen LogP contribution >= 0.6 is 0 Å². The van der Waals surface area contributed by atoms with Crippen LogP contribution in [0.4, 0.5) is 5.69 Å². The summed E-state index contributed by atoms with van der Waals surface area (Å²) in [4.78, 5) is 16.4. The Morgan fingerprint density at radius 1 is 1.03 bits per heavy atom. The highest BCUT2D eigenvalue weighted by Crippen LogP contribution is 2.16. The summed E-state index contributed by atoms with van der Waals surface area (Å²) in [6.45, 7) is 5.05. The van der Waals surface area contributed by atoms with Crippen molar-refractivity contribution in [3.63, 3.8) is 0 Å². The molecule has 0 amide bonds. The molecule has 1 aliphatic heterocycles. The summed E-state index contributed by atoms with van der Waals surface area (Å²) in [6.07, 6.45) is 0.723. The smallest absolute Gasteiger partial charge is 0.337 e. The Morgan fingerprint density at radius 2 is 1.76 bits per heavy atom. The summed E-state index contributed by atoms with van der Waals surface area (Å²) in [5.41, 5.74) is 1.46. The van der Waals surface area contributed by atoms with Crippen LogP contribution in [0.3, 0.4) is 0 Å². The molecule has 0 aromatic heterocycles. The summed E-state index contributed by atoms with van der Waals surface area (Å²) < 4.78 is 32.2. The zero-order chi connectivity index (χ0) is 20.7. The molecule has 1 heterocycles. The van der Waals surface area contributed by atoms with Crippen LogP contribution in [0.2, 0.25) is 0 Å². The molecule has 29 heavy (non-hydrogen) atoms. The lowest BCUT2D eigenvalue weighted by molar-refractivity contribution is 0.0600. The molecule has 0 bridgehead atoms. The van der Waals surface area contributed by atoms with E-state index in [9.17, 15) is 13.2 Å². The van der Waals surface area contributed by atoms with Crippen molar-refractivity contribution in [1.29, 1.82) is 0 Å². The van der Waals surface area contributed by atoms with Gasteiger partial charge in [0.2, 0.25) is 10.0 Å². The number of hydrogen-bond acceptors (Lipinski definition) is 6. The van der Waals surface area contributed by atoms with Crippen molar-refractivity contribution in [2.75, 3.05) is 51.3 Å². The van der Waals surface area contributed by atoms with Crippen LogP contribution in [0.1, 0.15) is 16.8 Å². The minimum Gasteiger partial charge on any atom is -0.465 e. The summed E-state index contributed by atoms with van der Waals surface area (Å²) >= 11 is 0. The maximum Gasteiger partial charge on any atom is 0.337 e. The Morgan fingerprint density at radius 3 is 2.45 bits per heavy atom. The number of hydrogen-bond donors (Lipinski definition) is 1. The van der Waals surface area contributed by atoms with Crippen LogP contribution in [0.5, 0.6) is 0 Å². The van der Waals surface area contributed by atoms with E-state index in [0.29, 0.717) is 6.54 Å². The van der Waals surface area contributed by atoms with Gasteiger partial charge in [0.05, 0.1) is 17.6 Å². The largest absolute Gasteiger partial charge is 0.465 e. The quantitative estimate of drug-likeness (QED) is 0.523. The first kappa shape index (κ1) is 21.3. The lowest BCUT2D eigenvalue weighted by Gasteiger charge is -2.36. The molecule has 1 N–H and O–H groups in total. The second-order valence-electron chi connectivity index (χ2n) is 6.93. The van der Waals surface area contributed by atoms with E-state index in [4.69, 9.17) is 0 Å². The molecule has 156 valence electrons. The Balaban J connectivity index is 1.43. The van der Waals surface area contributed by atoms with Crippen LogP contribution in [-0.4, -0.2) is 65.7 Å². The number of nitrogens with one attached hydrogen (secondary N) is 1. The molecule has 1 fully saturated rings. The average molecular weight is 418 g/mol. The number of nitrogens with zero attached hydrogens (tertiary/aromatic N) is 2. The monoisotopic (exact) mass is 417 g/mol. The van der Waals surface area contributed by atoms with Gasteiger partial charge in [0, 0.05) is 38.4 Å². The number of para-hydroxylation sites is 1.